The fourth-order valence-electron chi connectivity index (χ4n) is 3.24. The van der Waals surface area contributed by atoms with Gasteiger partial charge in [-0.2, -0.15) is 0 Å². The fourth-order valence-corrected chi connectivity index (χ4v) is 3.24. The van der Waals surface area contributed by atoms with Gasteiger partial charge in [0.1, 0.15) is 0 Å². The first kappa shape index (κ1) is 14.6. The van der Waals surface area contributed by atoms with E-state index in [0.29, 0.717) is 50.4 Å². The van der Waals surface area contributed by atoms with E-state index in [9.17, 15) is 5.11 Å². The molecule has 1 N–H and O–H groups in total. The summed E-state index contributed by atoms with van der Waals surface area (Å²) in [5, 5.41) is 11.0. The standard InChI is InChI=1S/C16H22O5/c1-18-13-4-3-12(11-14(13)19-2)15(17)5-7-16(8-6-15)20-9-10-21-16/h3-4,11,17H,5-10H2,1-2H3. The molecular formula is C16H22O5. The zero-order chi connectivity index (χ0) is 14.9. The van der Waals surface area contributed by atoms with Gasteiger partial charge in [-0.3, -0.25) is 0 Å². The maximum absolute atomic E-state index is 11.0. The SMILES string of the molecule is COc1ccc(C2(O)CCC3(CC2)OCCO3)cc1OC. The number of hydrogen-bond donors (Lipinski definition) is 1. The number of methoxy groups -OCH3 is 2. The summed E-state index contributed by atoms with van der Waals surface area (Å²) in [4.78, 5) is 0. The van der Waals surface area contributed by atoms with Crippen molar-refractivity contribution in [2.45, 2.75) is 37.1 Å². The lowest BCUT2D eigenvalue weighted by molar-refractivity contribution is -0.204. The summed E-state index contributed by atoms with van der Waals surface area (Å²) in [7, 11) is 3.20. The van der Waals surface area contributed by atoms with Gasteiger partial charge < -0.3 is 24.1 Å². The monoisotopic (exact) mass is 294 g/mol. The first-order valence-electron chi connectivity index (χ1n) is 7.34. The van der Waals surface area contributed by atoms with Crippen molar-refractivity contribution in [2.24, 2.45) is 0 Å². The van der Waals surface area contributed by atoms with Crippen LogP contribution in [0.15, 0.2) is 18.2 Å². The van der Waals surface area contributed by atoms with Gasteiger partial charge in [0.15, 0.2) is 17.3 Å². The van der Waals surface area contributed by atoms with Gasteiger partial charge in [-0.15, -0.1) is 0 Å². The van der Waals surface area contributed by atoms with Crippen molar-refractivity contribution in [1.29, 1.82) is 0 Å². The van der Waals surface area contributed by atoms with Gasteiger partial charge >= 0.3 is 0 Å². The Labute approximate surface area is 124 Å². The summed E-state index contributed by atoms with van der Waals surface area (Å²) in [5.74, 6) is 0.833. The topological polar surface area (TPSA) is 57.2 Å². The second kappa shape index (κ2) is 5.48. The van der Waals surface area contributed by atoms with Crippen LogP contribution in [0.5, 0.6) is 11.5 Å². The molecule has 1 saturated carbocycles. The van der Waals surface area contributed by atoms with Crippen molar-refractivity contribution in [3.63, 3.8) is 0 Å². The minimum Gasteiger partial charge on any atom is -0.493 e. The third-order valence-corrected chi connectivity index (χ3v) is 4.57. The predicted molar refractivity (Wildman–Crippen MR) is 76.5 cm³/mol. The molecular weight excluding hydrogens is 272 g/mol. The van der Waals surface area contributed by atoms with Crippen molar-refractivity contribution < 1.29 is 24.1 Å². The third-order valence-electron chi connectivity index (χ3n) is 4.57. The van der Waals surface area contributed by atoms with E-state index in [1.54, 1.807) is 14.2 Å². The van der Waals surface area contributed by atoms with Crippen LogP contribution in [0.2, 0.25) is 0 Å². The highest BCUT2D eigenvalue weighted by Crippen LogP contribution is 2.46. The Morgan fingerprint density at radius 2 is 1.57 bits per heavy atom. The molecule has 1 aliphatic heterocycles. The van der Waals surface area contributed by atoms with Crippen molar-refractivity contribution in [3.05, 3.63) is 23.8 Å². The zero-order valence-corrected chi connectivity index (χ0v) is 12.6. The fraction of sp³-hybridized carbons (Fsp3) is 0.625. The Morgan fingerprint density at radius 1 is 0.952 bits per heavy atom. The molecule has 21 heavy (non-hydrogen) atoms. The minimum atomic E-state index is -0.861. The summed E-state index contributed by atoms with van der Waals surface area (Å²) < 4.78 is 22.0. The molecule has 3 rings (SSSR count). The highest BCUT2D eigenvalue weighted by atomic mass is 16.7. The lowest BCUT2D eigenvalue weighted by Crippen LogP contribution is -2.42. The molecule has 0 aromatic heterocycles. The molecule has 1 spiro atoms. The summed E-state index contributed by atoms with van der Waals surface area (Å²) in [6.45, 7) is 1.30. The van der Waals surface area contributed by atoms with Gasteiger partial charge in [-0.25, -0.2) is 0 Å². The van der Waals surface area contributed by atoms with Crippen LogP contribution in [-0.2, 0) is 15.1 Å². The molecule has 1 saturated heterocycles. The second-order valence-corrected chi connectivity index (χ2v) is 5.71. The van der Waals surface area contributed by atoms with E-state index in [4.69, 9.17) is 18.9 Å². The Bertz CT molecular complexity index is 497. The lowest BCUT2D eigenvalue weighted by atomic mass is 9.77. The van der Waals surface area contributed by atoms with Gasteiger partial charge in [0.2, 0.25) is 0 Å². The average molecular weight is 294 g/mol. The van der Waals surface area contributed by atoms with Gasteiger partial charge in [-0.05, 0) is 30.5 Å². The highest BCUT2D eigenvalue weighted by Gasteiger charge is 2.46. The molecule has 1 heterocycles. The number of hydrogen-bond acceptors (Lipinski definition) is 5. The summed E-state index contributed by atoms with van der Waals surface area (Å²) in [5.41, 5.74) is -0.00637. The van der Waals surface area contributed by atoms with Crippen LogP contribution < -0.4 is 9.47 Å². The summed E-state index contributed by atoms with van der Waals surface area (Å²) in [6, 6.07) is 5.59. The van der Waals surface area contributed by atoms with Gasteiger partial charge in [-0.1, -0.05) is 6.07 Å². The zero-order valence-electron chi connectivity index (χ0n) is 12.6. The summed E-state index contributed by atoms with van der Waals surface area (Å²) >= 11 is 0. The van der Waals surface area contributed by atoms with Crippen LogP contribution >= 0.6 is 0 Å². The molecule has 5 nitrogen and oxygen atoms in total. The quantitative estimate of drug-likeness (QED) is 0.926. The van der Waals surface area contributed by atoms with E-state index in [-0.39, 0.29) is 0 Å². The molecule has 0 radical (unpaired) electrons. The first-order valence-corrected chi connectivity index (χ1v) is 7.34. The largest absolute Gasteiger partial charge is 0.493 e. The Morgan fingerprint density at radius 3 is 2.14 bits per heavy atom. The van der Waals surface area contributed by atoms with Gasteiger partial charge in [0.25, 0.3) is 0 Å². The van der Waals surface area contributed by atoms with E-state index >= 15 is 0 Å². The van der Waals surface area contributed by atoms with Crippen molar-refractivity contribution in [1.82, 2.24) is 0 Å². The van der Waals surface area contributed by atoms with Crippen LogP contribution in [0.3, 0.4) is 0 Å². The van der Waals surface area contributed by atoms with E-state index in [1.807, 2.05) is 18.2 Å². The molecule has 0 amide bonds. The number of rotatable bonds is 3. The molecule has 116 valence electrons. The number of ether oxygens (including phenoxy) is 4. The Hall–Kier alpha value is -1.30. The lowest BCUT2D eigenvalue weighted by Gasteiger charge is -2.40. The van der Waals surface area contributed by atoms with E-state index in [1.165, 1.54) is 0 Å². The predicted octanol–water partition coefficient (Wildman–Crippen LogP) is 2.21. The molecule has 1 aliphatic carbocycles. The van der Waals surface area contributed by atoms with E-state index < -0.39 is 11.4 Å². The van der Waals surface area contributed by atoms with Crippen LogP contribution in [0.1, 0.15) is 31.2 Å². The third kappa shape index (κ3) is 2.61. The molecule has 0 unspecified atom stereocenters. The summed E-state index contributed by atoms with van der Waals surface area (Å²) in [6.07, 6.45) is 2.64. The second-order valence-electron chi connectivity index (χ2n) is 5.71. The van der Waals surface area contributed by atoms with Gasteiger partial charge in [0.05, 0.1) is 33.0 Å². The highest BCUT2D eigenvalue weighted by molar-refractivity contribution is 5.44. The molecule has 5 heteroatoms. The van der Waals surface area contributed by atoms with Crippen LogP contribution in [0.25, 0.3) is 0 Å². The van der Waals surface area contributed by atoms with Crippen LogP contribution in [0.4, 0.5) is 0 Å². The minimum absolute atomic E-state index is 0.469. The molecule has 2 fully saturated rings. The number of aliphatic hydroxyl groups is 1. The first-order chi connectivity index (χ1) is 10.1. The maximum Gasteiger partial charge on any atom is 0.168 e. The van der Waals surface area contributed by atoms with Gasteiger partial charge in [0, 0.05) is 12.8 Å². The molecule has 0 atom stereocenters. The number of benzene rings is 1. The normalized spacial score (nSPS) is 23.2. The average Bonchev–Trinajstić information content (AvgIpc) is 2.98. The molecule has 1 aromatic carbocycles. The molecule has 1 aromatic rings. The van der Waals surface area contributed by atoms with Crippen molar-refractivity contribution in [2.75, 3.05) is 27.4 Å². The molecule has 0 bridgehead atoms. The maximum atomic E-state index is 11.0. The molecule has 2 aliphatic rings. The van der Waals surface area contributed by atoms with Crippen LogP contribution in [-0.4, -0.2) is 38.3 Å². The Balaban J connectivity index is 1.80. The van der Waals surface area contributed by atoms with Crippen molar-refractivity contribution in [3.8, 4) is 11.5 Å². The van der Waals surface area contributed by atoms with Crippen LogP contribution in [0, 0.1) is 0 Å². The van der Waals surface area contributed by atoms with Crippen molar-refractivity contribution >= 4 is 0 Å². The van der Waals surface area contributed by atoms with E-state index in [0.717, 1.165) is 5.56 Å². The smallest absolute Gasteiger partial charge is 0.168 e. The Kier molecular flexibility index (Phi) is 3.82. The van der Waals surface area contributed by atoms with E-state index in [2.05, 4.69) is 0 Å².